The zero-order chi connectivity index (χ0) is 19.4. The number of aromatic nitrogens is 3. The van der Waals surface area contributed by atoms with Gasteiger partial charge in [-0.1, -0.05) is 0 Å². The van der Waals surface area contributed by atoms with Gasteiger partial charge in [0, 0.05) is 23.7 Å². The van der Waals surface area contributed by atoms with Gasteiger partial charge in [0.25, 0.3) is 0 Å². The Morgan fingerprint density at radius 1 is 1.41 bits per heavy atom. The van der Waals surface area contributed by atoms with Gasteiger partial charge in [-0.05, 0) is 40.0 Å². The molecule has 0 unspecified atom stereocenters. The lowest BCUT2D eigenvalue weighted by Gasteiger charge is -2.14. The van der Waals surface area contributed by atoms with Crippen molar-refractivity contribution < 1.29 is 18.7 Å². The summed E-state index contributed by atoms with van der Waals surface area (Å²) in [6.45, 7) is 5.42. The van der Waals surface area contributed by atoms with Gasteiger partial charge < -0.3 is 19.8 Å². The minimum atomic E-state index is -0.380. The molecule has 0 bridgehead atoms. The Morgan fingerprint density at radius 2 is 2.22 bits per heavy atom. The highest BCUT2D eigenvalue weighted by molar-refractivity contribution is 5.90. The average Bonchev–Trinajstić information content (AvgIpc) is 3.28. The molecule has 1 saturated carbocycles. The first-order chi connectivity index (χ1) is 12.9. The quantitative estimate of drug-likeness (QED) is 0.713. The number of aryl methyl sites for hydroxylation is 1. The number of nitrogens with zero attached hydrogens (tertiary/aromatic N) is 2. The molecule has 0 radical (unpaired) electrons. The zero-order valence-corrected chi connectivity index (χ0v) is 15.7. The van der Waals surface area contributed by atoms with Crippen LogP contribution in [-0.2, 0) is 16.0 Å². The summed E-state index contributed by atoms with van der Waals surface area (Å²) < 4.78 is 10.4. The summed E-state index contributed by atoms with van der Waals surface area (Å²) in [6, 6.07) is 1.91. The molecule has 2 heterocycles. The van der Waals surface area contributed by atoms with Gasteiger partial charge >= 0.3 is 6.09 Å². The van der Waals surface area contributed by atoms with Crippen LogP contribution in [0.2, 0.25) is 0 Å². The lowest BCUT2D eigenvalue weighted by atomic mass is 10.0. The van der Waals surface area contributed by atoms with Gasteiger partial charge in [-0.2, -0.15) is 5.10 Å². The van der Waals surface area contributed by atoms with Gasteiger partial charge in [0.1, 0.15) is 12.2 Å². The first-order valence-electron chi connectivity index (χ1n) is 9.12. The van der Waals surface area contributed by atoms with Crippen molar-refractivity contribution in [2.24, 2.45) is 0 Å². The van der Waals surface area contributed by atoms with E-state index in [1.165, 1.54) is 0 Å². The molecule has 9 nitrogen and oxygen atoms in total. The molecule has 146 valence electrons. The molecule has 0 aromatic carbocycles. The van der Waals surface area contributed by atoms with Crippen LogP contribution in [0.1, 0.15) is 56.4 Å². The molecule has 2 amide bonds. The van der Waals surface area contributed by atoms with Crippen LogP contribution in [0.3, 0.4) is 0 Å². The third-order valence-electron chi connectivity index (χ3n) is 4.38. The van der Waals surface area contributed by atoms with Gasteiger partial charge in [-0.3, -0.25) is 9.89 Å². The number of hydrogen-bond donors (Lipinski definition) is 3. The Hall–Kier alpha value is -2.84. The summed E-state index contributed by atoms with van der Waals surface area (Å²) in [4.78, 5) is 27.8. The fourth-order valence-electron chi connectivity index (χ4n) is 3.23. The van der Waals surface area contributed by atoms with E-state index in [4.69, 9.17) is 9.15 Å². The number of H-pyrrole nitrogens is 1. The van der Waals surface area contributed by atoms with Gasteiger partial charge in [0.05, 0.1) is 12.3 Å². The molecule has 27 heavy (non-hydrogen) atoms. The van der Waals surface area contributed by atoms with E-state index in [1.54, 1.807) is 13.1 Å². The fraction of sp³-hybridized carbons (Fsp3) is 0.556. The number of oxazole rings is 1. The molecular weight excluding hydrogens is 350 g/mol. The van der Waals surface area contributed by atoms with Crippen LogP contribution >= 0.6 is 0 Å². The molecule has 3 N–H and O–H groups in total. The van der Waals surface area contributed by atoms with Gasteiger partial charge in [-0.15, -0.1) is 0 Å². The molecule has 1 aliphatic rings. The van der Waals surface area contributed by atoms with Crippen LogP contribution in [-0.4, -0.2) is 39.3 Å². The summed E-state index contributed by atoms with van der Waals surface area (Å²) in [7, 11) is 0. The molecule has 2 aromatic rings. The van der Waals surface area contributed by atoms with Gasteiger partial charge in [-0.25, -0.2) is 9.78 Å². The Balaban J connectivity index is 1.49. The van der Waals surface area contributed by atoms with Crippen LogP contribution in [0, 0.1) is 6.92 Å². The minimum absolute atomic E-state index is 0.0589. The van der Waals surface area contributed by atoms with Crippen LogP contribution < -0.4 is 10.6 Å². The zero-order valence-electron chi connectivity index (χ0n) is 15.7. The number of ether oxygens (including phenoxy) is 1. The lowest BCUT2D eigenvalue weighted by molar-refractivity contribution is -0.115. The number of aromatic amines is 1. The van der Waals surface area contributed by atoms with Gasteiger partial charge in [0.2, 0.25) is 11.8 Å². The van der Waals surface area contributed by atoms with Crippen molar-refractivity contribution in [3.8, 4) is 0 Å². The summed E-state index contributed by atoms with van der Waals surface area (Å²) in [6.07, 6.45) is 3.73. The first kappa shape index (κ1) is 18.9. The molecule has 0 aliphatic heterocycles. The average molecular weight is 375 g/mol. The van der Waals surface area contributed by atoms with Crippen LogP contribution in [0.4, 0.5) is 10.6 Å². The Bertz CT molecular complexity index is 797. The third kappa shape index (κ3) is 5.32. The summed E-state index contributed by atoms with van der Waals surface area (Å²) in [5.74, 6) is 1.52. The Morgan fingerprint density at radius 3 is 2.93 bits per heavy atom. The highest BCUT2D eigenvalue weighted by Crippen LogP contribution is 2.34. The standard InChI is InChI=1S/C18H25N5O4/c1-10(2)26-18(25)20-13-5-4-12(6-13)14-7-15(23-22-14)21-16(24)8-17-19-9-11(3)27-17/h7,9-10,12-13H,4-6,8H2,1-3H3,(H,20,25)(H2,21,22,23,24)/t12-,13+/m0/s1. The summed E-state index contributed by atoms with van der Waals surface area (Å²) in [5.41, 5.74) is 0.943. The fourth-order valence-corrected chi connectivity index (χ4v) is 3.23. The number of rotatable bonds is 6. The smallest absolute Gasteiger partial charge is 0.407 e. The maximum Gasteiger partial charge on any atom is 0.407 e. The molecule has 0 saturated heterocycles. The number of carbonyl (C=O) groups is 2. The van der Waals surface area contributed by atoms with E-state index in [0.29, 0.717) is 17.5 Å². The molecule has 1 aliphatic carbocycles. The second kappa shape index (κ2) is 8.24. The van der Waals surface area contributed by atoms with Crippen molar-refractivity contribution in [2.75, 3.05) is 5.32 Å². The summed E-state index contributed by atoms with van der Waals surface area (Å²) in [5, 5.41) is 12.8. The van der Waals surface area contributed by atoms with Crippen LogP contribution in [0.5, 0.6) is 0 Å². The van der Waals surface area contributed by atoms with E-state index < -0.39 is 0 Å². The number of alkyl carbamates (subject to hydrolysis) is 1. The molecule has 3 rings (SSSR count). The monoisotopic (exact) mass is 375 g/mol. The molecule has 0 spiro atoms. The van der Waals surface area contributed by atoms with E-state index in [2.05, 4.69) is 25.8 Å². The van der Waals surface area contributed by atoms with E-state index in [1.807, 2.05) is 19.9 Å². The lowest BCUT2D eigenvalue weighted by Crippen LogP contribution is -2.34. The minimum Gasteiger partial charge on any atom is -0.447 e. The predicted octanol–water partition coefficient (Wildman–Crippen LogP) is 2.66. The second-order valence-electron chi connectivity index (χ2n) is 7.10. The van der Waals surface area contributed by atoms with Crippen molar-refractivity contribution in [3.05, 3.63) is 29.6 Å². The number of anilines is 1. The summed E-state index contributed by atoms with van der Waals surface area (Å²) >= 11 is 0. The van der Waals surface area contributed by atoms with Crippen molar-refractivity contribution in [1.82, 2.24) is 20.5 Å². The largest absolute Gasteiger partial charge is 0.447 e. The van der Waals surface area contributed by atoms with Gasteiger partial charge in [0.15, 0.2) is 5.82 Å². The Labute approximate surface area is 157 Å². The Kier molecular flexibility index (Phi) is 5.78. The van der Waals surface area contributed by atoms with Crippen LogP contribution in [0.15, 0.2) is 16.7 Å². The predicted molar refractivity (Wildman–Crippen MR) is 97.3 cm³/mol. The van der Waals surface area contributed by atoms with Crippen molar-refractivity contribution >= 4 is 17.8 Å². The normalized spacial score (nSPS) is 19.3. The number of hydrogen-bond acceptors (Lipinski definition) is 6. The molecule has 9 heteroatoms. The number of nitrogens with one attached hydrogen (secondary N) is 3. The first-order valence-corrected chi connectivity index (χ1v) is 9.12. The highest BCUT2D eigenvalue weighted by atomic mass is 16.6. The molecular formula is C18H25N5O4. The molecule has 2 aromatic heterocycles. The van der Waals surface area contributed by atoms with E-state index >= 15 is 0 Å². The molecule has 2 atom stereocenters. The van der Waals surface area contributed by atoms with Crippen LogP contribution in [0.25, 0.3) is 0 Å². The third-order valence-corrected chi connectivity index (χ3v) is 4.38. The maximum atomic E-state index is 12.1. The highest BCUT2D eigenvalue weighted by Gasteiger charge is 2.29. The topological polar surface area (TPSA) is 122 Å². The maximum absolute atomic E-state index is 12.1. The van der Waals surface area contributed by atoms with Crippen molar-refractivity contribution in [1.29, 1.82) is 0 Å². The number of carbonyl (C=O) groups excluding carboxylic acids is 2. The van der Waals surface area contributed by atoms with E-state index in [-0.39, 0.29) is 36.5 Å². The van der Waals surface area contributed by atoms with E-state index in [9.17, 15) is 9.59 Å². The van der Waals surface area contributed by atoms with Crippen molar-refractivity contribution in [3.63, 3.8) is 0 Å². The van der Waals surface area contributed by atoms with E-state index in [0.717, 1.165) is 25.0 Å². The second-order valence-corrected chi connectivity index (χ2v) is 7.10. The van der Waals surface area contributed by atoms with Crippen molar-refractivity contribution in [2.45, 2.75) is 64.5 Å². The number of amides is 2. The molecule has 1 fully saturated rings. The SMILES string of the molecule is Cc1cnc(CC(=O)Nc2cc([C@H]3CC[C@@H](NC(=O)OC(C)C)C3)[nH]n2)o1.